The van der Waals surface area contributed by atoms with E-state index in [4.69, 9.17) is 4.74 Å². The second-order valence-corrected chi connectivity index (χ2v) is 5.33. The molecule has 0 aliphatic carbocycles. The van der Waals surface area contributed by atoms with Crippen molar-refractivity contribution in [1.82, 2.24) is 4.98 Å². The van der Waals surface area contributed by atoms with Crippen LogP contribution in [0.1, 0.15) is 22.8 Å². The molecule has 23 heavy (non-hydrogen) atoms. The van der Waals surface area contributed by atoms with Gasteiger partial charge in [-0.3, -0.25) is 9.59 Å². The average molecular weight is 312 g/mol. The molecule has 1 amide bonds. The molecular formula is C17H16N2O4. The molecule has 3 rings (SSSR count). The highest BCUT2D eigenvalue weighted by atomic mass is 16.5. The zero-order chi connectivity index (χ0) is 16.4. The number of fused-ring (bicyclic) bond motifs is 1. The molecule has 6 nitrogen and oxygen atoms in total. The number of hydrogen-bond acceptors (Lipinski definition) is 4. The first kappa shape index (κ1) is 15.0. The van der Waals surface area contributed by atoms with E-state index in [1.165, 1.54) is 25.3 Å². The fraction of sp³-hybridized carbons (Fsp3) is 0.235. The predicted molar refractivity (Wildman–Crippen MR) is 84.4 cm³/mol. The maximum absolute atomic E-state index is 12.5. The highest BCUT2D eigenvalue weighted by Crippen LogP contribution is 2.28. The van der Waals surface area contributed by atoms with Gasteiger partial charge in [-0.15, -0.1) is 0 Å². The third kappa shape index (κ3) is 2.88. The van der Waals surface area contributed by atoms with Gasteiger partial charge in [-0.25, -0.2) is 4.79 Å². The Bertz CT molecular complexity index is 812. The Morgan fingerprint density at radius 3 is 2.78 bits per heavy atom. The molecule has 0 saturated heterocycles. The summed E-state index contributed by atoms with van der Waals surface area (Å²) in [5.74, 6) is -1.10. The normalized spacial score (nSPS) is 14.2. The number of rotatable bonds is 3. The predicted octanol–water partition coefficient (Wildman–Crippen LogP) is 1.51. The zero-order valence-corrected chi connectivity index (χ0v) is 12.6. The molecule has 118 valence electrons. The number of aromatic amines is 1. The third-order valence-corrected chi connectivity index (χ3v) is 3.82. The lowest BCUT2D eigenvalue weighted by atomic mass is 10.2. The Balaban J connectivity index is 1.73. The van der Waals surface area contributed by atoms with Crippen molar-refractivity contribution in [2.75, 3.05) is 11.4 Å². The Kier molecular flexibility index (Phi) is 3.97. The first-order valence-electron chi connectivity index (χ1n) is 7.36. The number of nitrogens with one attached hydrogen (secondary N) is 1. The molecule has 1 aliphatic heterocycles. The minimum Gasteiger partial charge on any atom is -0.449 e. The van der Waals surface area contributed by atoms with Crippen molar-refractivity contribution in [3.05, 3.63) is 64.1 Å². The SMILES string of the molecule is C[C@@H](OC(=O)c1ccc[nH]c1=O)C(=O)N1CCc2ccccc21. The van der Waals surface area contributed by atoms with Gasteiger partial charge in [0, 0.05) is 18.4 Å². The van der Waals surface area contributed by atoms with E-state index in [-0.39, 0.29) is 11.5 Å². The maximum Gasteiger partial charge on any atom is 0.344 e. The van der Waals surface area contributed by atoms with Crippen LogP contribution in [0.4, 0.5) is 5.69 Å². The number of aromatic nitrogens is 1. The Hall–Kier alpha value is -2.89. The Morgan fingerprint density at radius 1 is 1.22 bits per heavy atom. The Morgan fingerprint density at radius 2 is 2.00 bits per heavy atom. The summed E-state index contributed by atoms with van der Waals surface area (Å²) in [7, 11) is 0. The van der Waals surface area contributed by atoms with Crippen molar-refractivity contribution < 1.29 is 14.3 Å². The third-order valence-electron chi connectivity index (χ3n) is 3.82. The lowest BCUT2D eigenvalue weighted by molar-refractivity contribution is -0.126. The van der Waals surface area contributed by atoms with E-state index in [9.17, 15) is 14.4 Å². The van der Waals surface area contributed by atoms with Gasteiger partial charge >= 0.3 is 5.97 Å². The van der Waals surface area contributed by atoms with Crippen LogP contribution < -0.4 is 10.5 Å². The number of para-hydroxylation sites is 1. The molecule has 1 aromatic heterocycles. The van der Waals surface area contributed by atoms with Gasteiger partial charge in [0.25, 0.3) is 11.5 Å². The van der Waals surface area contributed by atoms with Crippen LogP contribution in [0.5, 0.6) is 0 Å². The van der Waals surface area contributed by atoms with Crippen LogP contribution in [0, 0.1) is 0 Å². The molecule has 0 bridgehead atoms. The highest BCUT2D eigenvalue weighted by molar-refractivity contribution is 6.00. The van der Waals surface area contributed by atoms with Crippen molar-refractivity contribution >= 4 is 17.6 Å². The summed E-state index contributed by atoms with van der Waals surface area (Å²) in [5.41, 5.74) is 1.29. The molecule has 0 unspecified atom stereocenters. The molecule has 1 N–H and O–H groups in total. The van der Waals surface area contributed by atoms with E-state index in [0.717, 1.165) is 17.7 Å². The molecule has 2 heterocycles. The zero-order valence-electron chi connectivity index (χ0n) is 12.6. The lowest BCUT2D eigenvalue weighted by Gasteiger charge is -2.21. The first-order chi connectivity index (χ1) is 11.1. The van der Waals surface area contributed by atoms with E-state index in [1.54, 1.807) is 4.90 Å². The average Bonchev–Trinajstić information content (AvgIpc) is 2.98. The smallest absolute Gasteiger partial charge is 0.344 e. The van der Waals surface area contributed by atoms with Crippen molar-refractivity contribution in [2.45, 2.75) is 19.4 Å². The number of anilines is 1. The summed E-state index contributed by atoms with van der Waals surface area (Å²) < 4.78 is 5.16. The molecule has 1 aromatic carbocycles. The van der Waals surface area contributed by atoms with Crippen LogP contribution in [-0.2, 0) is 16.0 Å². The van der Waals surface area contributed by atoms with Crippen molar-refractivity contribution in [1.29, 1.82) is 0 Å². The lowest BCUT2D eigenvalue weighted by Crippen LogP contribution is -2.39. The number of pyridine rings is 1. The van der Waals surface area contributed by atoms with Gasteiger partial charge in [0.15, 0.2) is 6.10 Å². The van der Waals surface area contributed by atoms with Crippen LogP contribution in [0.3, 0.4) is 0 Å². The molecule has 6 heteroatoms. The fourth-order valence-electron chi connectivity index (χ4n) is 2.64. The van der Waals surface area contributed by atoms with Crippen LogP contribution in [0.25, 0.3) is 0 Å². The summed E-state index contributed by atoms with van der Waals surface area (Å²) in [6.07, 6.45) is 1.24. The van der Waals surface area contributed by atoms with Crippen molar-refractivity contribution in [2.24, 2.45) is 0 Å². The highest BCUT2D eigenvalue weighted by Gasteiger charge is 2.30. The number of carbonyl (C=O) groups excluding carboxylic acids is 2. The van der Waals surface area contributed by atoms with Crippen LogP contribution >= 0.6 is 0 Å². The maximum atomic E-state index is 12.5. The second kappa shape index (κ2) is 6.08. The van der Waals surface area contributed by atoms with E-state index >= 15 is 0 Å². The second-order valence-electron chi connectivity index (χ2n) is 5.33. The summed E-state index contributed by atoms with van der Waals surface area (Å²) in [6.45, 7) is 2.07. The van der Waals surface area contributed by atoms with E-state index in [1.807, 2.05) is 24.3 Å². The number of ether oxygens (including phenoxy) is 1. The topological polar surface area (TPSA) is 79.5 Å². The van der Waals surface area contributed by atoms with Gasteiger partial charge in [0.1, 0.15) is 5.56 Å². The van der Waals surface area contributed by atoms with E-state index < -0.39 is 17.6 Å². The first-order valence-corrected chi connectivity index (χ1v) is 7.36. The van der Waals surface area contributed by atoms with Gasteiger partial charge in [0.05, 0.1) is 0 Å². The Labute approximate surface area is 132 Å². The van der Waals surface area contributed by atoms with Crippen molar-refractivity contribution in [3.8, 4) is 0 Å². The minimum atomic E-state index is -0.965. The van der Waals surface area contributed by atoms with Crippen molar-refractivity contribution in [3.63, 3.8) is 0 Å². The summed E-state index contributed by atoms with van der Waals surface area (Å²) in [5, 5.41) is 0. The molecule has 0 spiro atoms. The van der Waals surface area contributed by atoms with Gasteiger partial charge in [-0.2, -0.15) is 0 Å². The summed E-state index contributed by atoms with van der Waals surface area (Å²) in [4.78, 5) is 40.1. The van der Waals surface area contributed by atoms with Crippen LogP contribution in [0.2, 0.25) is 0 Å². The number of benzene rings is 1. The molecule has 0 fully saturated rings. The number of H-pyrrole nitrogens is 1. The number of carbonyl (C=O) groups is 2. The quantitative estimate of drug-likeness (QED) is 0.871. The van der Waals surface area contributed by atoms with E-state index in [0.29, 0.717) is 6.54 Å². The summed E-state index contributed by atoms with van der Waals surface area (Å²) >= 11 is 0. The molecule has 0 saturated carbocycles. The standard InChI is InChI=1S/C17H16N2O4/c1-11(23-17(22)13-6-4-9-18-15(13)20)16(21)19-10-8-12-5-2-3-7-14(12)19/h2-7,9,11H,8,10H2,1H3,(H,18,20)/t11-/m1/s1. The number of hydrogen-bond donors (Lipinski definition) is 1. The fourth-order valence-corrected chi connectivity index (χ4v) is 2.64. The molecule has 2 aromatic rings. The number of nitrogens with zero attached hydrogens (tertiary/aromatic N) is 1. The largest absolute Gasteiger partial charge is 0.449 e. The van der Waals surface area contributed by atoms with Gasteiger partial charge in [-0.05, 0) is 37.1 Å². The van der Waals surface area contributed by atoms with Crippen LogP contribution in [-0.4, -0.2) is 29.5 Å². The number of esters is 1. The summed E-state index contributed by atoms with van der Waals surface area (Å²) in [6, 6.07) is 10.5. The molecule has 1 aliphatic rings. The number of amides is 1. The van der Waals surface area contributed by atoms with Gasteiger partial charge in [0.2, 0.25) is 0 Å². The van der Waals surface area contributed by atoms with Crippen LogP contribution in [0.15, 0.2) is 47.4 Å². The molecule has 1 atom stereocenters. The molecule has 0 radical (unpaired) electrons. The van der Waals surface area contributed by atoms with Gasteiger partial charge < -0.3 is 14.6 Å². The minimum absolute atomic E-state index is 0.117. The monoisotopic (exact) mass is 312 g/mol. The molecular weight excluding hydrogens is 296 g/mol. The van der Waals surface area contributed by atoms with E-state index in [2.05, 4.69) is 4.98 Å². The van der Waals surface area contributed by atoms with Gasteiger partial charge in [-0.1, -0.05) is 18.2 Å².